The molecule has 0 fully saturated rings. The van der Waals surface area contributed by atoms with Crippen LogP contribution in [-0.2, 0) is 14.9 Å². The maximum atomic E-state index is 13.0. The van der Waals surface area contributed by atoms with E-state index in [2.05, 4.69) is 0 Å². The van der Waals surface area contributed by atoms with Crippen molar-refractivity contribution in [3.05, 3.63) is 91.4 Å². The zero-order valence-corrected chi connectivity index (χ0v) is 18.1. The van der Waals surface area contributed by atoms with Gasteiger partial charge < -0.3 is 10.2 Å². The highest BCUT2D eigenvalue weighted by molar-refractivity contribution is 7.87. The summed E-state index contributed by atoms with van der Waals surface area (Å²) in [7, 11) is -5.16. The smallest absolute Gasteiger partial charge is 0.283 e. The van der Waals surface area contributed by atoms with Crippen LogP contribution in [-0.4, -0.2) is 23.2 Å². The van der Waals surface area contributed by atoms with Crippen LogP contribution in [0.2, 0.25) is 20.1 Å². The molecule has 0 heterocycles. The summed E-state index contributed by atoms with van der Waals surface area (Å²) in [6, 6.07) is 11.6. The van der Waals surface area contributed by atoms with Crippen molar-refractivity contribution < 1.29 is 23.2 Å². The first-order valence-corrected chi connectivity index (χ1v) is 10.8. The van der Waals surface area contributed by atoms with Crippen LogP contribution in [0.4, 0.5) is 0 Å². The Labute approximate surface area is 186 Å². The van der Waals surface area contributed by atoms with Crippen molar-refractivity contribution in [2.45, 2.75) is 4.75 Å². The molecule has 0 saturated carbocycles. The van der Waals surface area contributed by atoms with Crippen LogP contribution in [0, 0.1) is 0 Å². The van der Waals surface area contributed by atoms with Crippen molar-refractivity contribution in [2.75, 3.05) is 0 Å². The van der Waals surface area contributed by atoms with Gasteiger partial charge in [-0.1, -0.05) is 64.6 Å². The van der Waals surface area contributed by atoms with Gasteiger partial charge in [0.1, 0.15) is 11.5 Å². The second-order valence-corrected chi connectivity index (χ2v) is 9.39. The molecule has 0 aliphatic rings. The molecule has 5 nitrogen and oxygen atoms in total. The van der Waals surface area contributed by atoms with Crippen LogP contribution < -0.4 is 0 Å². The van der Waals surface area contributed by atoms with Gasteiger partial charge in [0, 0.05) is 25.7 Å². The molecule has 3 aromatic rings. The zero-order chi connectivity index (χ0) is 21.6. The molecule has 0 bridgehead atoms. The van der Waals surface area contributed by atoms with Crippen LogP contribution in [0.15, 0.2) is 54.6 Å². The Morgan fingerprint density at radius 3 is 1.72 bits per heavy atom. The van der Waals surface area contributed by atoms with Gasteiger partial charge in [-0.2, -0.15) is 8.42 Å². The molecule has 10 heteroatoms. The molecule has 0 spiro atoms. The van der Waals surface area contributed by atoms with Gasteiger partial charge in [-0.15, -0.1) is 0 Å². The predicted octanol–water partition coefficient (Wildman–Crippen LogP) is 5.89. The average molecular weight is 494 g/mol. The average Bonchev–Trinajstić information content (AvgIpc) is 2.56. The topological polar surface area (TPSA) is 94.8 Å². The Morgan fingerprint density at radius 2 is 1.24 bits per heavy atom. The SMILES string of the molecule is O=S(=O)(O)C(c1cc(Cl)cc(Cl)c1)(c1ccccc1Cl)c1c(O)cc(Cl)cc1O. The van der Waals surface area contributed by atoms with Gasteiger partial charge in [0.2, 0.25) is 0 Å². The highest BCUT2D eigenvalue weighted by Gasteiger charge is 2.53. The fourth-order valence-electron chi connectivity index (χ4n) is 3.29. The minimum Gasteiger partial charge on any atom is -0.507 e. The standard InChI is InChI=1S/C19H12Cl4O5S/c20-11-5-10(6-12(21)7-11)19(29(26,27)28,14-3-1-2-4-15(14)23)18-16(24)8-13(22)9-17(18)25/h1-9,24-25H,(H,26,27,28). The predicted molar refractivity (Wildman–Crippen MR) is 114 cm³/mol. The van der Waals surface area contributed by atoms with E-state index >= 15 is 0 Å². The van der Waals surface area contributed by atoms with Gasteiger partial charge in [0.05, 0.1) is 5.56 Å². The number of phenols is 2. The lowest BCUT2D eigenvalue weighted by Crippen LogP contribution is -2.38. The van der Waals surface area contributed by atoms with E-state index in [9.17, 15) is 23.2 Å². The van der Waals surface area contributed by atoms with Gasteiger partial charge in [-0.05, 0) is 42.0 Å². The van der Waals surface area contributed by atoms with Crippen LogP contribution in [0.5, 0.6) is 11.5 Å². The molecule has 0 aliphatic carbocycles. The fourth-order valence-corrected chi connectivity index (χ4v) is 5.70. The van der Waals surface area contributed by atoms with Gasteiger partial charge in [-0.3, -0.25) is 4.55 Å². The lowest BCUT2D eigenvalue weighted by Gasteiger charge is -2.34. The van der Waals surface area contributed by atoms with E-state index in [4.69, 9.17) is 46.4 Å². The summed E-state index contributed by atoms with van der Waals surface area (Å²) in [5, 5.41) is 21.2. The van der Waals surface area contributed by atoms with Gasteiger partial charge in [0.15, 0.2) is 4.75 Å². The number of halogens is 4. The molecular weight excluding hydrogens is 482 g/mol. The van der Waals surface area contributed by atoms with Crippen molar-refractivity contribution in [3.63, 3.8) is 0 Å². The molecule has 0 saturated heterocycles. The molecule has 29 heavy (non-hydrogen) atoms. The second kappa shape index (κ2) is 7.87. The number of hydrogen-bond acceptors (Lipinski definition) is 4. The maximum Gasteiger partial charge on any atom is 0.283 e. The largest absolute Gasteiger partial charge is 0.507 e. The van der Waals surface area contributed by atoms with E-state index in [0.29, 0.717) is 0 Å². The Hall–Kier alpha value is -1.67. The number of hydrogen-bond donors (Lipinski definition) is 3. The minimum absolute atomic E-state index is 0.0560. The first-order valence-electron chi connectivity index (χ1n) is 7.89. The van der Waals surface area contributed by atoms with Gasteiger partial charge in [-0.25, -0.2) is 0 Å². The number of aromatic hydroxyl groups is 2. The van der Waals surface area contributed by atoms with Crippen molar-refractivity contribution in [1.29, 1.82) is 0 Å². The summed E-state index contributed by atoms with van der Waals surface area (Å²) < 4.78 is 33.9. The van der Waals surface area contributed by atoms with E-state index in [0.717, 1.165) is 12.1 Å². The third kappa shape index (κ3) is 3.77. The van der Waals surface area contributed by atoms with E-state index in [1.54, 1.807) is 6.07 Å². The Balaban J connectivity index is 2.66. The third-order valence-electron chi connectivity index (χ3n) is 4.32. The van der Waals surface area contributed by atoms with Crippen molar-refractivity contribution in [1.82, 2.24) is 0 Å². The van der Waals surface area contributed by atoms with Crippen molar-refractivity contribution in [2.24, 2.45) is 0 Å². The molecule has 3 N–H and O–H groups in total. The highest BCUT2D eigenvalue weighted by atomic mass is 35.5. The van der Waals surface area contributed by atoms with Gasteiger partial charge >= 0.3 is 0 Å². The number of benzene rings is 3. The summed E-state index contributed by atoms with van der Waals surface area (Å²) in [6.07, 6.45) is 0. The maximum absolute atomic E-state index is 13.0. The second-order valence-electron chi connectivity index (χ2n) is 6.11. The molecule has 152 valence electrons. The lowest BCUT2D eigenvalue weighted by atomic mass is 9.83. The monoisotopic (exact) mass is 492 g/mol. The first-order chi connectivity index (χ1) is 13.5. The Morgan fingerprint density at radius 1 is 0.759 bits per heavy atom. The summed E-state index contributed by atoms with van der Waals surface area (Å²) in [6.45, 7) is 0. The van der Waals surface area contributed by atoms with E-state index in [-0.39, 0.29) is 31.2 Å². The summed E-state index contributed by atoms with van der Waals surface area (Å²) in [4.78, 5) is 0. The zero-order valence-electron chi connectivity index (χ0n) is 14.3. The molecule has 0 radical (unpaired) electrons. The summed E-state index contributed by atoms with van der Waals surface area (Å²) in [5.41, 5.74) is -0.857. The lowest BCUT2D eigenvalue weighted by molar-refractivity contribution is 0.416. The minimum atomic E-state index is -5.16. The number of rotatable bonds is 4. The van der Waals surface area contributed by atoms with Crippen LogP contribution in [0.25, 0.3) is 0 Å². The van der Waals surface area contributed by atoms with Crippen LogP contribution in [0.3, 0.4) is 0 Å². The normalized spacial score (nSPS) is 13.8. The van der Waals surface area contributed by atoms with Crippen LogP contribution >= 0.6 is 46.4 Å². The molecule has 3 aromatic carbocycles. The molecule has 3 rings (SSSR count). The van der Waals surface area contributed by atoms with Crippen molar-refractivity contribution in [3.8, 4) is 11.5 Å². The van der Waals surface area contributed by atoms with E-state index in [1.807, 2.05) is 0 Å². The quantitative estimate of drug-likeness (QED) is 0.311. The Bertz CT molecular complexity index is 1170. The molecule has 0 aromatic heterocycles. The van der Waals surface area contributed by atoms with Crippen LogP contribution in [0.1, 0.15) is 16.7 Å². The van der Waals surface area contributed by atoms with E-state index in [1.165, 1.54) is 36.4 Å². The fraction of sp³-hybridized carbons (Fsp3) is 0.0526. The first kappa shape index (κ1) is 22.0. The van der Waals surface area contributed by atoms with E-state index < -0.39 is 31.9 Å². The summed E-state index contributed by atoms with van der Waals surface area (Å²) >= 11 is 24.3. The van der Waals surface area contributed by atoms with Crippen molar-refractivity contribution >= 4 is 56.5 Å². The third-order valence-corrected chi connectivity index (χ3v) is 6.74. The number of phenolic OH excluding ortho intramolecular Hbond substituents is 2. The highest BCUT2D eigenvalue weighted by Crippen LogP contribution is 2.53. The molecular formula is C19H12Cl4O5S. The molecule has 0 aliphatic heterocycles. The molecule has 1 unspecified atom stereocenters. The summed E-state index contributed by atoms with van der Waals surface area (Å²) in [5.74, 6) is -1.38. The van der Waals surface area contributed by atoms with Gasteiger partial charge in [0.25, 0.3) is 10.1 Å². The molecule has 1 atom stereocenters. The Kier molecular flexibility index (Phi) is 5.98. The molecule has 0 amide bonds.